The molecule has 1 aliphatic carbocycles. The molecule has 27 heavy (non-hydrogen) atoms. The van der Waals surface area contributed by atoms with Crippen LogP contribution >= 0.6 is 0 Å². The molecule has 3 saturated heterocycles. The van der Waals surface area contributed by atoms with Gasteiger partial charge in [0, 0.05) is 38.3 Å². The summed E-state index contributed by atoms with van der Waals surface area (Å²) < 4.78 is 5.38. The number of nitrogens with zero attached hydrogens (tertiary/aromatic N) is 2. The zero-order valence-corrected chi connectivity index (χ0v) is 16.5. The lowest BCUT2D eigenvalue weighted by molar-refractivity contribution is -0.140. The molecular formula is C21H35N3O3. The Morgan fingerprint density at radius 3 is 2.11 bits per heavy atom. The fourth-order valence-electron chi connectivity index (χ4n) is 5.40. The van der Waals surface area contributed by atoms with Crippen molar-refractivity contribution in [1.82, 2.24) is 9.80 Å². The van der Waals surface area contributed by atoms with Gasteiger partial charge in [0.1, 0.15) is 0 Å². The van der Waals surface area contributed by atoms with Crippen molar-refractivity contribution < 1.29 is 14.3 Å². The van der Waals surface area contributed by atoms with Crippen molar-refractivity contribution in [3.05, 3.63) is 0 Å². The van der Waals surface area contributed by atoms with Gasteiger partial charge in [-0.05, 0) is 64.0 Å². The molecule has 0 atom stereocenters. The van der Waals surface area contributed by atoms with Crippen molar-refractivity contribution in [3.8, 4) is 0 Å². The summed E-state index contributed by atoms with van der Waals surface area (Å²) in [7, 11) is 0. The Hall–Kier alpha value is -1.14. The highest BCUT2D eigenvalue weighted by atomic mass is 16.5. The second kappa shape index (κ2) is 8.08. The molecule has 4 rings (SSSR count). The van der Waals surface area contributed by atoms with Gasteiger partial charge < -0.3 is 20.3 Å². The first-order valence-electron chi connectivity index (χ1n) is 11.0. The first-order chi connectivity index (χ1) is 13.1. The lowest BCUT2D eigenvalue weighted by atomic mass is 9.73. The van der Waals surface area contributed by atoms with E-state index in [0.717, 1.165) is 90.3 Å². The summed E-state index contributed by atoms with van der Waals surface area (Å²) in [5.74, 6) is 1.17. The number of carbonyl (C=O) groups excluding carboxylic acids is 2. The second-order valence-electron chi connectivity index (χ2n) is 9.27. The van der Waals surface area contributed by atoms with Crippen molar-refractivity contribution >= 4 is 11.8 Å². The molecule has 3 heterocycles. The monoisotopic (exact) mass is 377 g/mol. The predicted octanol–water partition coefficient (Wildman–Crippen LogP) is 1.77. The second-order valence-corrected chi connectivity index (χ2v) is 9.27. The largest absolute Gasteiger partial charge is 0.381 e. The molecule has 0 aromatic heterocycles. The average Bonchev–Trinajstić information content (AvgIpc) is 3.52. The summed E-state index contributed by atoms with van der Waals surface area (Å²) in [4.78, 5) is 29.5. The Morgan fingerprint density at radius 1 is 0.926 bits per heavy atom. The Balaban J connectivity index is 1.25. The summed E-state index contributed by atoms with van der Waals surface area (Å²) in [6.45, 7) is 5.16. The van der Waals surface area contributed by atoms with Crippen LogP contribution in [0.5, 0.6) is 0 Å². The smallest absolute Gasteiger partial charge is 0.225 e. The maximum Gasteiger partial charge on any atom is 0.225 e. The minimum Gasteiger partial charge on any atom is -0.381 e. The summed E-state index contributed by atoms with van der Waals surface area (Å²) >= 11 is 0. The van der Waals surface area contributed by atoms with E-state index in [1.807, 2.05) is 0 Å². The van der Waals surface area contributed by atoms with E-state index in [0.29, 0.717) is 11.9 Å². The van der Waals surface area contributed by atoms with Crippen LogP contribution < -0.4 is 5.73 Å². The van der Waals surface area contributed by atoms with Gasteiger partial charge in [0.15, 0.2) is 0 Å². The molecule has 0 spiro atoms. The van der Waals surface area contributed by atoms with Crippen LogP contribution in [0.4, 0.5) is 0 Å². The van der Waals surface area contributed by atoms with Crippen LogP contribution in [0.2, 0.25) is 0 Å². The van der Waals surface area contributed by atoms with Gasteiger partial charge >= 0.3 is 0 Å². The van der Waals surface area contributed by atoms with E-state index in [1.54, 1.807) is 0 Å². The fourth-order valence-corrected chi connectivity index (χ4v) is 5.40. The third-order valence-corrected chi connectivity index (χ3v) is 7.52. The number of ether oxygens (including phenoxy) is 1. The topological polar surface area (TPSA) is 75.9 Å². The zero-order valence-electron chi connectivity index (χ0n) is 16.5. The first-order valence-corrected chi connectivity index (χ1v) is 11.0. The molecule has 0 radical (unpaired) electrons. The van der Waals surface area contributed by atoms with Crippen LogP contribution in [0, 0.1) is 17.3 Å². The maximum atomic E-state index is 12.7. The van der Waals surface area contributed by atoms with E-state index in [1.165, 1.54) is 12.8 Å². The Bertz CT molecular complexity index is 541. The maximum absolute atomic E-state index is 12.7. The number of rotatable bonds is 5. The minimum atomic E-state index is -0.253. The van der Waals surface area contributed by atoms with Gasteiger partial charge in [0.2, 0.25) is 11.8 Å². The quantitative estimate of drug-likeness (QED) is 0.792. The van der Waals surface area contributed by atoms with Gasteiger partial charge in [-0.3, -0.25) is 9.59 Å². The summed E-state index contributed by atoms with van der Waals surface area (Å²) in [6.07, 6.45) is 9.26. The van der Waals surface area contributed by atoms with Crippen molar-refractivity contribution in [3.63, 3.8) is 0 Å². The number of hydrogen-bond acceptors (Lipinski definition) is 4. The first kappa shape index (κ1) is 19.2. The van der Waals surface area contributed by atoms with E-state index in [9.17, 15) is 9.59 Å². The number of nitrogens with two attached hydrogens (primary N) is 1. The van der Waals surface area contributed by atoms with Gasteiger partial charge in [-0.15, -0.1) is 0 Å². The SMILES string of the molecule is NC(=O)C1(CC2CC2)CCN(C2CCN(C(=O)C3CCOCC3)CC2)CC1. The van der Waals surface area contributed by atoms with Gasteiger partial charge in [0.05, 0.1) is 5.41 Å². The Labute approximate surface area is 162 Å². The van der Waals surface area contributed by atoms with E-state index >= 15 is 0 Å². The molecule has 152 valence electrons. The Kier molecular flexibility index (Phi) is 5.74. The minimum absolute atomic E-state index is 0.0778. The number of primary amides is 1. The van der Waals surface area contributed by atoms with E-state index in [2.05, 4.69) is 9.80 Å². The van der Waals surface area contributed by atoms with Crippen LogP contribution in [0.3, 0.4) is 0 Å². The van der Waals surface area contributed by atoms with Gasteiger partial charge in [-0.25, -0.2) is 0 Å². The van der Waals surface area contributed by atoms with Crippen molar-refractivity contribution in [1.29, 1.82) is 0 Å². The van der Waals surface area contributed by atoms with Gasteiger partial charge in [0.25, 0.3) is 0 Å². The van der Waals surface area contributed by atoms with Gasteiger partial charge in [-0.2, -0.15) is 0 Å². The Morgan fingerprint density at radius 2 is 1.56 bits per heavy atom. The molecular weight excluding hydrogens is 342 g/mol. The lowest BCUT2D eigenvalue weighted by Gasteiger charge is -2.45. The van der Waals surface area contributed by atoms with E-state index in [4.69, 9.17) is 10.5 Å². The summed E-state index contributed by atoms with van der Waals surface area (Å²) in [5.41, 5.74) is 5.56. The molecule has 0 bridgehead atoms. The highest BCUT2D eigenvalue weighted by Gasteiger charge is 2.44. The molecule has 0 aromatic carbocycles. The molecule has 0 unspecified atom stereocenters. The van der Waals surface area contributed by atoms with E-state index < -0.39 is 0 Å². The fraction of sp³-hybridized carbons (Fsp3) is 0.905. The summed E-state index contributed by atoms with van der Waals surface area (Å²) in [6, 6.07) is 0.551. The van der Waals surface area contributed by atoms with Gasteiger partial charge in [-0.1, -0.05) is 12.8 Å². The number of likely N-dealkylation sites (tertiary alicyclic amines) is 2. The zero-order chi connectivity index (χ0) is 18.9. The molecule has 3 aliphatic heterocycles. The predicted molar refractivity (Wildman–Crippen MR) is 103 cm³/mol. The third kappa shape index (κ3) is 4.32. The number of amides is 2. The summed E-state index contributed by atoms with van der Waals surface area (Å²) in [5, 5.41) is 0. The van der Waals surface area contributed by atoms with Crippen LogP contribution in [0.15, 0.2) is 0 Å². The van der Waals surface area contributed by atoms with Crippen LogP contribution in [-0.2, 0) is 14.3 Å². The molecule has 6 nitrogen and oxygen atoms in total. The molecule has 0 aromatic rings. The van der Waals surface area contributed by atoms with Crippen LogP contribution in [0.25, 0.3) is 0 Å². The molecule has 4 aliphatic rings. The molecule has 2 amide bonds. The van der Waals surface area contributed by atoms with E-state index in [-0.39, 0.29) is 17.2 Å². The molecule has 4 fully saturated rings. The number of carbonyl (C=O) groups is 2. The number of hydrogen-bond donors (Lipinski definition) is 1. The normalized spacial score (nSPS) is 28.2. The van der Waals surface area contributed by atoms with Crippen molar-refractivity contribution in [2.75, 3.05) is 39.4 Å². The lowest BCUT2D eigenvalue weighted by Crippen LogP contribution is -2.53. The van der Waals surface area contributed by atoms with Crippen LogP contribution in [-0.4, -0.2) is 67.0 Å². The molecule has 2 N–H and O–H groups in total. The van der Waals surface area contributed by atoms with Crippen molar-refractivity contribution in [2.24, 2.45) is 23.0 Å². The average molecular weight is 378 g/mol. The molecule has 6 heteroatoms. The highest BCUT2D eigenvalue weighted by Crippen LogP contribution is 2.46. The standard InChI is InChI=1S/C21H35N3O3/c22-20(26)21(15-16-1-2-16)7-11-23(12-8-21)18-3-9-24(10-4-18)19(25)17-5-13-27-14-6-17/h16-18H,1-15H2,(H2,22,26). The van der Waals surface area contributed by atoms with Crippen LogP contribution in [0.1, 0.15) is 57.8 Å². The number of piperidine rings is 2. The van der Waals surface area contributed by atoms with Crippen molar-refractivity contribution in [2.45, 2.75) is 63.8 Å². The third-order valence-electron chi connectivity index (χ3n) is 7.52. The molecule has 1 saturated carbocycles. The highest BCUT2D eigenvalue weighted by molar-refractivity contribution is 5.81.